The molecule has 3 heterocycles. The normalized spacial score (nSPS) is 17.6. The minimum atomic E-state index is -0.0849. The van der Waals surface area contributed by atoms with E-state index in [1.807, 2.05) is 13.8 Å². The predicted molar refractivity (Wildman–Crippen MR) is 94.7 cm³/mol. The number of piperazine rings is 1. The van der Waals surface area contributed by atoms with Crippen molar-refractivity contribution in [3.63, 3.8) is 0 Å². The quantitative estimate of drug-likeness (QED) is 0.830. The van der Waals surface area contributed by atoms with Crippen LogP contribution in [-0.4, -0.2) is 63.7 Å². The number of carbonyl (C=O) groups excluding carboxylic acids is 1. The van der Waals surface area contributed by atoms with Crippen LogP contribution in [0.1, 0.15) is 50.2 Å². The monoisotopic (exact) mass is 362 g/mol. The molecule has 26 heavy (non-hydrogen) atoms. The van der Waals surface area contributed by atoms with Crippen molar-refractivity contribution < 1.29 is 13.8 Å². The van der Waals surface area contributed by atoms with E-state index in [9.17, 15) is 4.79 Å². The zero-order valence-corrected chi connectivity index (χ0v) is 15.7. The van der Waals surface area contributed by atoms with Crippen molar-refractivity contribution in [2.24, 2.45) is 0 Å². The molecule has 3 rings (SSSR count). The molecule has 2 aromatic rings. The highest BCUT2D eigenvalue weighted by molar-refractivity contribution is 5.91. The summed E-state index contributed by atoms with van der Waals surface area (Å²) in [6.45, 7) is 11.6. The molecule has 9 nitrogen and oxygen atoms in total. The highest BCUT2D eigenvalue weighted by Gasteiger charge is 2.27. The van der Waals surface area contributed by atoms with Gasteiger partial charge in [0.2, 0.25) is 11.8 Å². The van der Waals surface area contributed by atoms with Crippen molar-refractivity contribution in [3.05, 3.63) is 23.5 Å². The maximum atomic E-state index is 12.1. The molecule has 2 aromatic heterocycles. The molecular weight excluding hydrogens is 336 g/mol. The lowest BCUT2D eigenvalue weighted by Crippen LogP contribution is -2.49. The summed E-state index contributed by atoms with van der Waals surface area (Å²) in [7, 11) is 0. The van der Waals surface area contributed by atoms with Gasteiger partial charge in [-0.25, -0.2) is 0 Å². The number of amides is 1. The number of anilines is 1. The molecule has 1 saturated heterocycles. The van der Waals surface area contributed by atoms with Gasteiger partial charge in [0.15, 0.2) is 11.6 Å². The number of nitrogens with zero attached hydrogens (tertiary/aromatic N) is 5. The Balaban J connectivity index is 1.46. The van der Waals surface area contributed by atoms with E-state index in [0.29, 0.717) is 24.0 Å². The molecule has 0 bridgehead atoms. The van der Waals surface area contributed by atoms with Gasteiger partial charge in [-0.3, -0.25) is 14.6 Å². The summed E-state index contributed by atoms with van der Waals surface area (Å²) < 4.78 is 10.4. The third-order valence-electron chi connectivity index (χ3n) is 4.55. The Kier molecular flexibility index (Phi) is 5.67. The summed E-state index contributed by atoms with van der Waals surface area (Å²) in [5.74, 6) is 2.69. The van der Waals surface area contributed by atoms with Crippen molar-refractivity contribution in [1.82, 2.24) is 25.1 Å². The molecule has 0 spiro atoms. The van der Waals surface area contributed by atoms with E-state index >= 15 is 0 Å². The van der Waals surface area contributed by atoms with Crippen molar-refractivity contribution in [1.29, 1.82) is 0 Å². The molecule has 0 radical (unpaired) electrons. The Morgan fingerprint density at radius 3 is 2.50 bits per heavy atom. The van der Waals surface area contributed by atoms with Crippen LogP contribution in [0, 0.1) is 6.92 Å². The number of rotatable bonds is 6. The molecule has 0 aromatic carbocycles. The van der Waals surface area contributed by atoms with E-state index in [-0.39, 0.29) is 17.9 Å². The van der Waals surface area contributed by atoms with Crippen molar-refractivity contribution in [2.75, 3.05) is 38.0 Å². The van der Waals surface area contributed by atoms with Gasteiger partial charge in [0.05, 0.1) is 12.6 Å². The first-order chi connectivity index (χ1) is 12.4. The van der Waals surface area contributed by atoms with E-state index in [1.165, 1.54) is 0 Å². The van der Waals surface area contributed by atoms with Gasteiger partial charge in [-0.2, -0.15) is 4.98 Å². The first-order valence-electron chi connectivity index (χ1n) is 8.95. The van der Waals surface area contributed by atoms with Gasteiger partial charge in [-0.15, -0.1) is 0 Å². The topological polar surface area (TPSA) is 101 Å². The number of aryl methyl sites for hydroxylation is 1. The zero-order chi connectivity index (χ0) is 18.7. The van der Waals surface area contributed by atoms with E-state index < -0.39 is 0 Å². The third-order valence-corrected chi connectivity index (χ3v) is 4.55. The van der Waals surface area contributed by atoms with E-state index in [0.717, 1.165) is 32.0 Å². The Hall–Kier alpha value is -2.26. The molecule has 1 aliphatic heterocycles. The minimum absolute atomic E-state index is 0.0732. The third kappa shape index (κ3) is 4.47. The summed E-state index contributed by atoms with van der Waals surface area (Å²) in [5, 5.41) is 10.6. The Labute approximate surface area is 152 Å². The Morgan fingerprint density at radius 2 is 1.92 bits per heavy atom. The van der Waals surface area contributed by atoms with Crippen LogP contribution in [-0.2, 0) is 4.79 Å². The summed E-state index contributed by atoms with van der Waals surface area (Å²) in [6, 6.07) is 1.77. The first kappa shape index (κ1) is 18.5. The smallest absolute Gasteiger partial charge is 0.243 e. The highest BCUT2D eigenvalue weighted by Crippen LogP contribution is 2.21. The van der Waals surface area contributed by atoms with Gasteiger partial charge in [-0.1, -0.05) is 24.2 Å². The molecular formula is C17H26N6O3. The molecule has 1 N–H and O–H groups in total. The second-order valence-electron chi connectivity index (χ2n) is 7.00. The Bertz CT molecular complexity index is 732. The standard InChI is InChI=1S/C17H26N6O3/c1-11(2)16-19-17(26-21-16)13(4)23-7-5-22(6-8-23)10-15(24)18-14-9-12(3)25-20-14/h9,11,13H,5-8,10H2,1-4H3,(H,18,20,24). The molecule has 0 saturated carbocycles. The lowest BCUT2D eigenvalue weighted by atomic mass is 10.2. The van der Waals surface area contributed by atoms with Crippen LogP contribution in [0.3, 0.4) is 0 Å². The SMILES string of the molecule is Cc1cc(NC(=O)CN2CCN(C(C)c3nc(C(C)C)no3)CC2)no1. The van der Waals surface area contributed by atoms with Crippen LogP contribution in [0.5, 0.6) is 0 Å². The fraction of sp³-hybridized carbons (Fsp3) is 0.647. The van der Waals surface area contributed by atoms with Gasteiger partial charge in [-0.05, 0) is 13.8 Å². The van der Waals surface area contributed by atoms with Crippen molar-refractivity contribution >= 4 is 11.7 Å². The van der Waals surface area contributed by atoms with Gasteiger partial charge in [0, 0.05) is 38.2 Å². The van der Waals surface area contributed by atoms with E-state index in [1.54, 1.807) is 13.0 Å². The lowest BCUT2D eigenvalue weighted by Gasteiger charge is -2.36. The van der Waals surface area contributed by atoms with Gasteiger partial charge in [0.1, 0.15) is 5.76 Å². The maximum Gasteiger partial charge on any atom is 0.243 e. The van der Waals surface area contributed by atoms with Crippen LogP contribution >= 0.6 is 0 Å². The molecule has 9 heteroatoms. The van der Waals surface area contributed by atoms with Crippen LogP contribution in [0.4, 0.5) is 5.82 Å². The molecule has 1 amide bonds. The average molecular weight is 362 g/mol. The van der Waals surface area contributed by atoms with Gasteiger partial charge >= 0.3 is 0 Å². The van der Waals surface area contributed by atoms with Crippen LogP contribution < -0.4 is 5.32 Å². The molecule has 142 valence electrons. The fourth-order valence-corrected chi connectivity index (χ4v) is 2.93. The number of aromatic nitrogens is 3. The van der Waals surface area contributed by atoms with Crippen LogP contribution in [0.25, 0.3) is 0 Å². The number of nitrogens with one attached hydrogen (secondary N) is 1. The van der Waals surface area contributed by atoms with E-state index in [2.05, 4.69) is 37.3 Å². The first-order valence-corrected chi connectivity index (χ1v) is 8.95. The predicted octanol–water partition coefficient (Wildman–Crippen LogP) is 1.81. The molecule has 1 unspecified atom stereocenters. The number of carbonyl (C=O) groups is 1. The number of hydrogen-bond donors (Lipinski definition) is 1. The summed E-state index contributed by atoms with van der Waals surface area (Å²) in [5.41, 5.74) is 0. The van der Waals surface area contributed by atoms with Gasteiger partial charge in [0.25, 0.3) is 0 Å². The maximum absolute atomic E-state index is 12.1. The molecule has 1 atom stereocenters. The van der Waals surface area contributed by atoms with Crippen LogP contribution in [0.15, 0.2) is 15.1 Å². The second kappa shape index (κ2) is 7.96. The van der Waals surface area contributed by atoms with Crippen LogP contribution in [0.2, 0.25) is 0 Å². The highest BCUT2D eigenvalue weighted by atomic mass is 16.5. The Morgan fingerprint density at radius 1 is 1.19 bits per heavy atom. The minimum Gasteiger partial charge on any atom is -0.360 e. The molecule has 0 aliphatic carbocycles. The summed E-state index contributed by atoms with van der Waals surface area (Å²) in [6.07, 6.45) is 0. The van der Waals surface area contributed by atoms with Gasteiger partial charge < -0.3 is 14.4 Å². The summed E-state index contributed by atoms with van der Waals surface area (Å²) in [4.78, 5) is 21.0. The van der Waals surface area contributed by atoms with Crippen molar-refractivity contribution in [2.45, 2.75) is 39.7 Å². The lowest BCUT2D eigenvalue weighted by molar-refractivity contribution is -0.117. The second-order valence-corrected chi connectivity index (χ2v) is 7.00. The molecule has 1 aliphatic rings. The zero-order valence-electron chi connectivity index (χ0n) is 15.7. The average Bonchev–Trinajstić information content (AvgIpc) is 3.24. The fourth-order valence-electron chi connectivity index (χ4n) is 2.93. The largest absolute Gasteiger partial charge is 0.360 e. The summed E-state index contributed by atoms with van der Waals surface area (Å²) >= 11 is 0. The van der Waals surface area contributed by atoms with E-state index in [4.69, 9.17) is 9.05 Å². The number of hydrogen-bond acceptors (Lipinski definition) is 8. The molecule has 1 fully saturated rings. The van der Waals surface area contributed by atoms with Crippen molar-refractivity contribution in [3.8, 4) is 0 Å².